The third-order valence-electron chi connectivity index (χ3n) is 6.97. The first-order chi connectivity index (χ1) is 11.9. The summed E-state index contributed by atoms with van der Waals surface area (Å²) in [6.45, 7) is 7.65. The number of nitrogens with zero attached hydrogens (tertiary/aromatic N) is 2. The molecule has 0 aromatic carbocycles. The lowest BCUT2D eigenvalue weighted by Gasteiger charge is -2.57. The summed E-state index contributed by atoms with van der Waals surface area (Å²) in [5, 5.41) is 2.95. The third kappa shape index (κ3) is 3.44. The number of nitrogens with one attached hydrogen (secondary N) is 1. The second kappa shape index (κ2) is 6.57. The Morgan fingerprint density at radius 3 is 1.96 bits per heavy atom. The molecule has 0 aromatic rings. The molecule has 1 N–H and O–H groups in total. The monoisotopic (exact) mass is 347 g/mol. The number of carbonyl (C=O) groups excluding carboxylic acids is 2. The molecule has 1 saturated heterocycles. The molecule has 4 aliphatic carbocycles. The Bertz CT molecular complexity index is 502. The second-order valence-electron chi connectivity index (χ2n) is 9.49. The molecule has 2 amide bonds. The van der Waals surface area contributed by atoms with Crippen molar-refractivity contribution in [2.75, 3.05) is 32.7 Å². The molecule has 5 aliphatic rings. The number of hydrogen-bond acceptors (Lipinski definition) is 3. The van der Waals surface area contributed by atoms with Crippen LogP contribution in [0.4, 0.5) is 0 Å². The van der Waals surface area contributed by atoms with Gasteiger partial charge in [0.05, 0.1) is 12.0 Å². The number of amides is 2. The van der Waals surface area contributed by atoms with Gasteiger partial charge in [0.2, 0.25) is 11.8 Å². The zero-order chi connectivity index (χ0) is 17.6. The average Bonchev–Trinajstić information content (AvgIpc) is 2.53. The highest BCUT2D eigenvalue weighted by Crippen LogP contribution is 2.60. The van der Waals surface area contributed by atoms with Crippen LogP contribution in [0.3, 0.4) is 0 Å². The van der Waals surface area contributed by atoms with Gasteiger partial charge >= 0.3 is 0 Å². The van der Waals surface area contributed by atoms with Gasteiger partial charge in [-0.2, -0.15) is 0 Å². The minimum atomic E-state index is -0.0219. The summed E-state index contributed by atoms with van der Waals surface area (Å²) >= 11 is 0. The molecular formula is C20H33N3O2. The highest BCUT2D eigenvalue weighted by atomic mass is 16.2. The van der Waals surface area contributed by atoms with Crippen molar-refractivity contribution >= 4 is 11.8 Å². The van der Waals surface area contributed by atoms with Crippen molar-refractivity contribution in [2.45, 2.75) is 58.4 Å². The molecule has 5 fully saturated rings. The summed E-state index contributed by atoms with van der Waals surface area (Å²) in [5.74, 6) is 2.98. The maximum absolute atomic E-state index is 13.4. The Hall–Kier alpha value is -1.10. The topological polar surface area (TPSA) is 52.7 Å². The van der Waals surface area contributed by atoms with Crippen molar-refractivity contribution in [1.29, 1.82) is 0 Å². The lowest BCUT2D eigenvalue weighted by atomic mass is 9.49. The van der Waals surface area contributed by atoms with Gasteiger partial charge in [-0.25, -0.2) is 0 Å². The Morgan fingerprint density at radius 1 is 0.960 bits per heavy atom. The standard InChI is InChI=1S/C20H33N3O2/c1-14(2)21-18(24)13-22-3-5-23(6-4-22)19(25)20-10-15-7-16(11-20)9-17(8-15)12-20/h14-17H,3-13H2,1-2H3,(H,21,24). The van der Waals surface area contributed by atoms with Gasteiger partial charge in [0.1, 0.15) is 0 Å². The number of hydrogen-bond donors (Lipinski definition) is 1. The molecule has 0 aromatic heterocycles. The maximum Gasteiger partial charge on any atom is 0.234 e. The molecule has 0 spiro atoms. The fraction of sp³-hybridized carbons (Fsp3) is 0.900. The second-order valence-corrected chi connectivity index (χ2v) is 9.49. The number of piperazine rings is 1. The van der Waals surface area contributed by atoms with Crippen molar-refractivity contribution in [2.24, 2.45) is 23.2 Å². The van der Waals surface area contributed by atoms with Crippen LogP contribution >= 0.6 is 0 Å². The van der Waals surface area contributed by atoms with E-state index in [9.17, 15) is 9.59 Å². The Balaban J connectivity index is 1.32. The predicted octanol–water partition coefficient (Wildman–Crippen LogP) is 1.87. The van der Waals surface area contributed by atoms with E-state index in [1.165, 1.54) is 19.3 Å². The SMILES string of the molecule is CC(C)NC(=O)CN1CCN(C(=O)C23CC4CC(CC(C4)C2)C3)CC1. The van der Waals surface area contributed by atoms with E-state index in [1.807, 2.05) is 13.8 Å². The lowest BCUT2D eigenvalue weighted by Crippen LogP contribution is -2.58. The van der Waals surface area contributed by atoms with Crippen LogP contribution in [0.25, 0.3) is 0 Å². The minimum Gasteiger partial charge on any atom is -0.353 e. The van der Waals surface area contributed by atoms with Crippen LogP contribution in [0.2, 0.25) is 0 Å². The van der Waals surface area contributed by atoms with Gasteiger partial charge in [-0.15, -0.1) is 0 Å². The molecule has 5 nitrogen and oxygen atoms in total. The van der Waals surface area contributed by atoms with Crippen LogP contribution in [0.1, 0.15) is 52.4 Å². The van der Waals surface area contributed by atoms with Crippen LogP contribution < -0.4 is 5.32 Å². The minimum absolute atomic E-state index is 0.0219. The van der Waals surface area contributed by atoms with Gasteiger partial charge in [-0.05, 0) is 70.1 Å². The predicted molar refractivity (Wildman–Crippen MR) is 96.9 cm³/mol. The van der Waals surface area contributed by atoms with Gasteiger partial charge in [0, 0.05) is 32.2 Å². The zero-order valence-corrected chi connectivity index (χ0v) is 15.8. The smallest absolute Gasteiger partial charge is 0.234 e. The van der Waals surface area contributed by atoms with Crippen molar-refractivity contribution in [3.63, 3.8) is 0 Å². The van der Waals surface area contributed by atoms with Crippen LogP contribution in [-0.4, -0.2) is 60.4 Å². The molecule has 0 atom stereocenters. The Morgan fingerprint density at radius 2 is 1.48 bits per heavy atom. The molecule has 140 valence electrons. The van der Waals surface area contributed by atoms with Gasteiger partial charge in [0.25, 0.3) is 0 Å². The van der Waals surface area contributed by atoms with E-state index in [0.29, 0.717) is 12.5 Å². The molecule has 4 saturated carbocycles. The van der Waals surface area contributed by atoms with Crippen LogP contribution in [0, 0.1) is 23.2 Å². The fourth-order valence-electron chi connectivity index (χ4n) is 6.39. The van der Waals surface area contributed by atoms with E-state index in [-0.39, 0.29) is 17.4 Å². The van der Waals surface area contributed by atoms with Crippen molar-refractivity contribution in [3.8, 4) is 0 Å². The van der Waals surface area contributed by atoms with Crippen LogP contribution in [-0.2, 0) is 9.59 Å². The van der Waals surface area contributed by atoms with Gasteiger partial charge in [-0.3, -0.25) is 14.5 Å². The molecular weight excluding hydrogens is 314 g/mol. The molecule has 1 heterocycles. The first kappa shape index (κ1) is 17.3. The van der Waals surface area contributed by atoms with E-state index in [0.717, 1.165) is 63.2 Å². The first-order valence-electron chi connectivity index (χ1n) is 10.2. The van der Waals surface area contributed by atoms with E-state index in [2.05, 4.69) is 15.1 Å². The zero-order valence-electron chi connectivity index (χ0n) is 15.8. The lowest BCUT2D eigenvalue weighted by molar-refractivity contribution is -0.159. The van der Waals surface area contributed by atoms with Gasteiger partial charge in [-0.1, -0.05) is 0 Å². The molecule has 25 heavy (non-hydrogen) atoms. The molecule has 1 aliphatic heterocycles. The summed E-state index contributed by atoms with van der Waals surface area (Å²) in [5.41, 5.74) is -0.0219. The average molecular weight is 348 g/mol. The summed E-state index contributed by atoms with van der Waals surface area (Å²) in [7, 11) is 0. The summed E-state index contributed by atoms with van der Waals surface area (Å²) in [6, 6.07) is 0.187. The largest absolute Gasteiger partial charge is 0.353 e. The molecule has 0 unspecified atom stereocenters. The third-order valence-corrected chi connectivity index (χ3v) is 6.97. The van der Waals surface area contributed by atoms with E-state index in [4.69, 9.17) is 0 Å². The van der Waals surface area contributed by atoms with E-state index >= 15 is 0 Å². The summed E-state index contributed by atoms with van der Waals surface area (Å²) in [6.07, 6.45) is 7.58. The van der Waals surface area contributed by atoms with Crippen molar-refractivity contribution < 1.29 is 9.59 Å². The molecule has 5 heteroatoms. The summed E-state index contributed by atoms with van der Waals surface area (Å²) < 4.78 is 0. The first-order valence-corrected chi connectivity index (χ1v) is 10.2. The highest BCUT2D eigenvalue weighted by molar-refractivity contribution is 5.83. The van der Waals surface area contributed by atoms with Crippen LogP contribution in [0.15, 0.2) is 0 Å². The molecule has 4 bridgehead atoms. The Kier molecular flexibility index (Phi) is 4.55. The van der Waals surface area contributed by atoms with Crippen LogP contribution in [0.5, 0.6) is 0 Å². The molecule has 5 rings (SSSR count). The van der Waals surface area contributed by atoms with Crippen molar-refractivity contribution in [1.82, 2.24) is 15.1 Å². The van der Waals surface area contributed by atoms with Gasteiger partial charge < -0.3 is 10.2 Å². The molecule has 0 radical (unpaired) electrons. The fourth-order valence-corrected chi connectivity index (χ4v) is 6.39. The van der Waals surface area contributed by atoms with E-state index < -0.39 is 0 Å². The number of carbonyl (C=O) groups is 2. The maximum atomic E-state index is 13.4. The normalized spacial score (nSPS) is 37.6. The van der Waals surface area contributed by atoms with Gasteiger partial charge in [0.15, 0.2) is 0 Å². The van der Waals surface area contributed by atoms with Crippen molar-refractivity contribution in [3.05, 3.63) is 0 Å². The van der Waals surface area contributed by atoms with E-state index in [1.54, 1.807) is 0 Å². The summed E-state index contributed by atoms with van der Waals surface area (Å²) in [4.78, 5) is 29.6. The highest BCUT2D eigenvalue weighted by Gasteiger charge is 2.55. The number of rotatable bonds is 4. The Labute approximate surface area is 151 Å². The quantitative estimate of drug-likeness (QED) is 0.845.